The van der Waals surface area contributed by atoms with Gasteiger partial charge in [-0.1, -0.05) is 19.8 Å². The fraction of sp³-hybridized carbons (Fsp3) is 0.333. The minimum atomic E-state index is 0.461. The summed E-state index contributed by atoms with van der Waals surface area (Å²) >= 11 is 0. The van der Waals surface area contributed by atoms with Crippen LogP contribution in [0.3, 0.4) is 0 Å². The standard InChI is InChI=1S/C24H28N6/c1-2-7-18(24-28-17-22(30-24)20-10-6-13-26-15-20)8-3-4-11-23-27-16-21(29-23)19-9-5-12-25-14-19/h5-6,9-10,12-18H,2-4,7-8,11H2,1H3,(H,27,29)(H,28,30). The summed E-state index contributed by atoms with van der Waals surface area (Å²) in [7, 11) is 0. The number of nitrogens with zero attached hydrogens (tertiary/aromatic N) is 4. The number of nitrogens with one attached hydrogen (secondary N) is 2. The SMILES string of the molecule is CCCC(CCCCc1ncc(-c2cccnc2)[nH]1)c1ncc(-c2cccnc2)[nH]1. The summed E-state index contributed by atoms with van der Waals surface area (Å²) in [5.41, 5.74) is 4.22. The Morgan fingerprint density at radius 2 is 1.50 bits per heavy atom. The lowest BCUT2D eigenvalue weighted by molar-refractivity contribution is 0.511. The Labute approximate surface area is 177 Å². The molecule has 0 aliphatic rings. The molecular weight excluding hydrogens is 372 g/mol. The molecule has 0 saturated heterocycles. The molecule has 0 saturated carbocycles. The summed E-state index contributed by atoms with van der Waals surface area (Å²) in [6.45, 7) is 2.24. The van der Waals surface area contributed by atoms with Gasteiger partial charge < -0.3 is 9.97 Å². The van der Waals surface area contributed by atoms with Crippen molar-refractivity contribution in [3.05, 3.63) is 73.1 Å². The number of imidazole rings is 2. The van der Waals surface area contributed by atoms with Crippen molar-refractivity contribution in [1.29, 1.82) is 0 Å². The molecule has 0 aliphatic carbocycles. The Morgan fingerprint density at radius 1 is 0.800 bits per heavy atom. The predicted octanol–water partition coefficient (Wildman–Crippen LogP) is 5.55. The first-order chi connectivity index (χ1) is 14.8. The average Bonchev–Trinajstić information content (AvgIpc) is 3.47. The zero-order chi connectivity index (χ0) is 20.6. The van der Waals surface area contributed by atoms with Crippen molar-refractivity contribution in [3.63, 3.8) is 0 Å². The summed E-state index contributed by atoms with van der Waals surface area (Å²) in [6, 6.07) is 8.00. The van der Waals surface area contributed by atoms with Crippen LogP contribution in [0.2, 0.25) is 0 Å². The van der Waals surface area contributed by atoms with E-state index in [1.807, 2.05) is 43.0 Å². The minimum absolute atomic E-state index is 0.461. The molecule has 0 amide bonds. The Morgan fingerprint density at radius 3 is 2.17 bits per heavy atom. The van der Waals surface area contributed by atoms with Crippen LogP contribution in [0.1, 0.15) is 56.6 Å². The maximum absolute atomic E-state index is 4.68. The molecule has 0 spiro atoms. The zero-order valence-electron chi connectivity index (χ0n) is 17.4. The van der Waals surface area contributed by atoms with Crippen LogP contribution in [-0.2, 0) is 6.42 Å². The maximum atomic E-state index is 4.68. The average molecular weight is 401 g/mol. The number of H-pyrrole nitrogens is 2. The van der Waals surface area contributed by atoms with Gasteiger partial charge in [0.1, 0.15) is 11.6 Å². The van der Waals surface area contributed by atoms with Crippen LogP contribution < -0.4 is 0 Å². The van der Waals surface area contributed by atoms with E-state index in [2.05, 4.69) is 42.9 Å². The van der Waals surface area contributed by atoms with Crippen LogP contribution in [0.4, 0.5) is 0 Å². The molecule has 4 aromatic rings. The third kappa shape index (κ3) is 5.00. The van der Waals surface area contributed by atoms with Gasteiger partial charge >= 0.3 is 0 Å². The van der Waals surface area contributed by atoms with Crippen molar-refractivity contribution >= 4 is 0 Å². The lowest BCUT2D eigenvalue weighted by Crippen LogP contribution is -2.02. The van der Waals surface area contributed by atoms with Crippen molar-refractivity contribution < 1.29 is 0 Å². The van der Waals surface area contributed by atoms with E-state index in [0.717, 1.165) is 72.7 Å². The van der Waals surface area contributed by atoms with Gasteiger partial charge in [0.15, 0.2) is 0 Å². The second-order valence-electron chi connectivity index (χ2n) is 7.64. The zero-order valence-corrected chi connectivity index (χ0v) is 17.4. The second-order valence-corrected chi connectivity index (χ2v) is 7.64. The van der Waals surface area contributed by atoms with Gasteiger partial charge in [0, 0.05) is 48.3 Å². The molecule has 6 nitrogen and oxygen atoms in total. The highest BCUT2D eigenvalue weighted by Crippen LogP contribution is 2.27. The van der Waals surface area contributed by atoms with Crippen molar-refractivity contribution in [2.45, 2.75) is 51.4 Å². The van der Waals surface area contributed by atoms with E-state index < -0.39 is 0 Å². The highest BCUT2D eigenvalue weighted by Gasteiger charge is 2.15. The lowest BCUT2D eigenvalue weighted by atomic mass is 9.95. The number of rotatable bonds is 10. The molecule has 0 radical (unpaired) electrons. The number of aromatic nitrogens is 6. The van der Waals surface area contributed by atoms with Crippen molar-refractivity contribution in [3.8, 4) is 22.5 Å². The fourth-order valence-corrected chi connectivity index (χ4v) is 3.82. The number of aromatic amines is 2. The molecule has 154 valence electrons. The molecule has 0 aliphatic heterocycles. The van der Waals surface area contributed by atoms with Crippen molar-refractivity contribution in [1.82, 2.24) is 29.9 Å². The molecule has 4 heterocycles. The van der Waals surface area contributed by atoms with E-state index in [4.69, 9.17) is 0 Å². The summed E-state index contributed by atoms with van der Waals surface area (Å²) in [5.74, 6) is 2.59. The summed E-state index contributed by atoms with van der Waals surface area (Å²) in [6.07, 6.45) is 17.8. The Balaban J connectivity index is 1.31. The number of pyridine rings is 2. The second kappa shape index (κ2) is 9.96. The molecule has 30 heavy (non-hydrogen) atoms. The topological polar surface area (TPSA) is 83.1 Å². The Kier molecular flexibility index (Phi) is 6.65. The summed E-state index contributed by atoms with van der Waals surface area (Å²) in [5, 5.41) is 0. The van der Waals surface area contributed by atoms with Gasteiger partial charge in [-0.3, -0.25) is 9.97 Å². The van der Waals surface area contributed by atoms with Crippen LogP contribution in [-0.4, -0.2) is 29.9 Å². The molecule has 0 fully saturated rings. The fourth-order valence-electron chi connectivity index (χ4n) is 3.82. The van der Waals surface area contributed by atoms with Crippen LogP contribution in [0.5, 0.6) is 0 Å². The molecular formula is C24H28N6. The van der Waals surface area contributed by atoms with Gasteiger partial charge in [0.05, 0.1) is 23.8 Å². The molecule has 1 unspecified atom stereocenters. The largest absolute Gasteiger partial charge is 0.342 e. The van der Waals surface area contributed by atoms with Crippen LogP contribution in [0.15, 0.2) is 61.4 Å². The molecule has 2 N–H and O–H groups in total. The van der Waals surface area contributed by atoms with E-state index in [9.17, 15) is 0 Å². The van der Waals surface area contributed by atoms with E-state index in [-0.39, 0.29) is 0 Å². The van der Waals surface area contributed by atoms with Gasteiger partial charge in [0.25, 0.3) is 0 Å². The minimum Gasteiger partial charge on any atom is -0.342 e. The van der Waals surface area contributed by atoms with E-state index in [1.165, 1.54) is 0 Å². The highest BCUT2D eigenvalue weighted by atomic mass is 14.9. The Hall–Kier alpha value is -3.28. The quantitative estimate of drug-likeness (QED) is 0.342. The van der Waals surface area contributed by atoms with Crippen molar-refractivity contribution in [2.75, 3.05) is 0 Å². The summed E-state index contributed by atoms with van der Waals surface area (Å²) in [4.78, 5) is 24.5. The van der Waals surface area contributed by atoms with Gasteiger partial charge in [-0.05, 0) is 43.5 Å². The monoisotopic (exact) mass is 400 g/mol. The normalized spacial score (nSPS) is 12.2. The van der Waals surface area contributed by atoms with Gasteiger partial charge in [-0.2, -0.15) is 0 Å². The van der Waals surface area contributed by atoms with Gasteiger partial charge in [-0.15, -0.1) is 0 Å². The molecule has 1 atom stereocenters. The smallest absolute Gasteiger partial charge is 0.109 e. The van der Waals surface area contributed by atoms with Gasteiger partial charge in [-0.25, -0.2) is 9.97 Å². The molecule has 6 heteroatoms. The molecule has 4 aromatic heterocycles. The number of hydrogen-bond donors (Lipinski definition) is 2. The van der Waals surface area contributed by atoms with Crippen molar-refractivity contribution in [2.24, 2.45) is 0 Å². The van der Waals surface area contributed by atoms with Gasteiger partial charge in [0.2, 0.25) is 0 Å². The maximum Gasteiger partial charge on any atom is 0.109 e. The Bertz CT molecular complexity index is 1020. The highest BCUT2D eigenvalue weighted by molar-refractivity contribution is 5.57. The summed E-state index contributed by atoms with van der Waals surface area (Å²) < 4.78 is 0. The van der Waals surface area contributed by atoms with E-state index in [0.29, 0.717) is 5.92 Å². The first kappa shape index (κ1) is 20.0. The number of hydrogen-bond acceptors (Lipinski definition) is 4. The van der Waals surface area contributed by atoms with Crippen LogP contribution in [0.25, 0.3) is 22.5 Å². The third-order valence-corrected chi connectivity index (χ3v) is 5.41. The van der Waals surface area contributed by atoms with E-state index in [1.54, 1.807) is 12.4 Å². The molecule has 4 rings (SSSR count). The lowest BCUT2D eigenvalue weighted by Gasteiger charge is -2.13. The van der Waals surface area contributed by atoms with Crippen LogP contribution in [0, 0.1) is 0 Å². The first-order valence-corrected chi connectivity index (χ1v) is 10.7. The number of aryl methyl sites for hydroxylation is 1. The number of unbranched alkanes of at least 4 members (excludes halogenated alkanes) is 1. The van der Waals surface area contributed by atoms with E-state index >= 15 is 0 Å². The third-order valence-electron chi connectivity index (χ3n) is 5.41. The molecule has 0 aromatic carbocycles. The first-order valence-electron chi connectivity index (χ1n) is 10.7. The van der Waals surface area contributed by atoms with Crippen LogP contribution >= 0.6 is 0 Å². The predicted molar refractivity (Wildman–Crippen MR) is 119 cm³/mol. The molecule has 0 bridgehead atoms.